The van der Waals surface area contributed by atoms with Crippen LogP contribution in [0.15, 0.2) is 12.7 Å². The number of hydrogen-bond acceptors (Lipinski definition) is 1. The van der Waals surface area contributed by atoms with Crippen molar-refractivity contribution in [2.75, 3.05) is 0 Å². The number of rotatable bonds is 7. The van der Waals surface area contributed by atoms with E-state index in [0.29, 0.717) is 5.92 Å². The molecule has 0 radical (unpaired) electrons. The third-order valence-corrected chi connectivity index (χ3v) is 1.89. The van der Waals surface area contributed by atoms with Gasteiger partial charge in [-0.3, -0.25) is 0 Å². The van der Waals surface area contributed by atoms with Gasteiger partial charge in [-0.15, -0.1) is 18.9 Å². The van der Waals surface area contributed by atoms with E-state index in [4.69, 9.17) is 11.8 Å². The summed E-state index contributed by atoms with van der Waals surface area (Å²) in [6, 6.07) is 0. The highest BCUT2D eigenvalue weighted by molar-refractivity contribution is 5.52. The maximum Gasteiger partial charge on any atom is 0.0149 e. The molecule has 12 heavy (non-hydrogen) atoms. The van der Waals surface area contributed by atoms with E-state index in [9.17, 15) is 0 Å². The van der Waals surface area contributed by atoms with Gasteiger partial charge in [0, 0.05) is 6.42 Å². The van der Waals surface area contributed by atoms with Crippen LogP contribution in [0.4, 0.5) is 0 Å². The highest BCUT2D eigenvalue weighted by Gasteiger charge is 2.00. The summed E-state index contributed by atoms with van der Waals surface area (Å²) in [5.74, 6) is 3.12. The van der Waals surface area contributed by atoms with Gasteiger partial charge >= 0.3 is 0 Å². The molecule has 1 unspecified atom stereocenters. The smallest absolute Gasteiger partial charge is 0.0149 e. The van der Waals surface area contributed by atoms with E-state index in [1.165, 1.54) is 6.21 Å². The van der Waals surface area contributed by atoms with Crippen LogP contribution in [0.5, 0.6) is 0 Å². The van der Waals surface area contributed by atoms with Crippen molar-refractivity contribution >= 4 is 6.21 Å². The number of nitrogens with one attached hydrogen (secondary N) is 1. The fourth-order valence-electron chi connectivity index (χ4n) is 1.11. The average molecular weight is 163 g/mol. The van der Waals surface area contributed by atoms with Crippen LogP contribution in [0.3, 0.4) is 0 Å². The summed E-state index contributed by atoms with van der Waals surface area (Å²) < 4.78 is 0. The Bertz CT molecular complexity index is 164. The molecule has 0 saturated carbocycles. The summed E-state index contributed by atoms with van der Waals surface area (Å²) in [6.45, 7) is 3.74. The van der Waals surface area contributed by atoms with E-state index in [2.05, 4.69) is 12.5 Å². The first-order valence-electron chi connectivity index (χ1n) is 4.40. The summed E-state index contributed by atoms with van der Waals surface area (Å²) >= 11 is 0. The van der Waals surface area contributed by atoms with Crippen LogP contribution < -0.4 is 0 Å². The fraction of sp³-hybridized carbons (Fsp3) is 0.545. The SMILES string of the molecule is C#CCC(C=C)CCCCC=N. The van der Waals surface area contributed by atoms with E-state index >= 15 is 0 Å². The lowest BCUT2D eigenvalue weighted by atomic mass is 9.98. The zero-order chi connectivity index (χ0) is 9.23. The fourth-order valence-corrected chi connectivity index (χ4v) is 1.11. The van der Waals surface area contributed by atoms with Crippen molar-refractivity contribution in [3.05, 3.63) is 12.7 Å². The predicted molar refractivity (Wildman–Crippen MR) is 54.4 cm³/mol. The lowest BCUT2D eigenvalue weighted by molar-refractivity contribution is 0.562. The highest BCUT2D eigenvalue weighted by Crippen LogP contribution is 2.13. The van der Waals surface area contributed by atoms with Crippen LogP contribution in [-0.2, 0) is 0 Å². The molecule has 0 aliphatic heterocycles. The molecule has 66 valence electrons. The van der Waals surface area contributed by atoms with Crippen molar-refractivity contribution in [3.8, 4) is 12.3 Å². The maximum atomic E-state index is 6.84. The molecular formula is C11H17N. The monoisotopic (exact) mass is 163 g/mol. The van der Waals surface area contributed by atoms with Crippen molar-refractivity contribution in [2.24, 2.45) is 5.92 Å². The van der Waals surface area contributed by atoms with E-state index < -0.39 is 0 Å². The second kappa shape index (κ2) is 8.07. The molecule has 1 nitrogen and oxygen atoms in total. The van der Waals surface area contributed by atoms with Crippen LogP contribution in [0.25, 0.3) is 0 Å². The molecule has 0 aliphatic carbocycles. The van der Waals surface area contributed by atoms with Crippen LogP contribution in [0, 0.1) is 23.7 Å². The Balaban J connectivity index is 3.38. The van der Waals surface area contributed by atoms with E-state index in [1.807, 2.05) is 6.08 Å². The van der Waals surface area contributed by atoms with Gasteiger partial charge in [-0.1, -0.05) is 12.5 Å². The van der Waals surface area contributed by atoms with Crippen molar-refractivity contribution in [1.82, 2.24) is 0 Å². The molecule has 0 saturated heterocycles. The Morgan fingerprint density at radius 1 is 1.50 bits per heavy atom. The third-order valence-electron chi connectivity index (χ3n) is 1.89. The molecule has 1 heteroatoms. The number of terminal acetylenes is 1. The summed E-state index contributed by atoms with van der Waals surface area (Å²) in [7, 11) is 0. The lowest BCUT2D eigenvalue weighted by Crippen LogP contribution is -1.94. The largest absolute Gasteiger partial charge is 0.313 e. The number of unbranched alkanes of at least 4 members (excludes halogenated alkanes) is 2. The Labute approximate surface area is 75.4 Å². The van der Waals surface area contributed by atoms with Gasteiger partial charge in [-0.25, -0.2) is 0 Å². The minimum Gasteiger partial charge on any atom is -0.313 e. The molecule has 0 bridgehead atoms. The van der Waals surface area contributed by atoms with Crippen molar-refractivity contribution in [1.29, 1.82) is 5.41 Å². The van der Waals surface area contributed by atoms with Gasteiger partial charge in [-0.2, -0.15) is 0 Å². The first-order chi connectivity index (χ1) is 5.85. The Hall–Kier alpha value is -1.03. The van der Waals surface area contributed by atoms with E-state index in [-0.39, 0.29) is 0 Å². The minimum atomic E-state index is 0.473. The predicted octanol–water partition coefficient (Wildman–Crippen LogP) is 3.02. The van der Waals surface area contributed by atoms with Gasteiger partial charge in [0.15, 0.2) is 0 Å². The van der Waals surface area contributed by atoms with Crippen LogP contribution in [0.2, 0.25) is 0 Å². The maximum absolute atomic E-state index is 6.84. The summed E-state index contributed by atoms with van der Waals surface area (Å²) in [5, 5.41) is 6.84. The molecule has 1 N–H and O–H groups in total. The Kier molecular flexibility index (Phi) is 7.38. The molecule has 1 atom stereocenters. The van der Waals surface area contributed by atoms with Gasteiger partial charge < -0.3 is 5.41 Å². The summed E-state index contributed by atoms with van der Waals surface area (Å²) in [6.07, 6.45) is 13.6. The zero-order valence-corrected chi connectivity index (χ0v) is 7.55. The van der Waals surface area contributed by atoms with Gasteiger partial charge in [0.2, 0.25) is 0 Å². The minimum absolute atomic E-state index is 0.473. The zero-order valence-electron chi connectivity index (χ0n) is 7.55. The lowest BCUT2D eigenvalue weighted by Gasteiger charge is -2.06. The first-order valence-corrected chi connectivity index (χ1v) is 4.40. The molecule has 0 heterocycles. The molecule has 0 aromatic rings. The topological polar surface area (TPSA) is 23.9 Å². The Morgan fingerprint density at radius 3 is 2.75 bits per heavy atom. The van der Waals surface area contributed by atoms with E-state index in [1.54, 1.807) is 0 Å². The molecule has 0 amide bonds. The second-order valence-corrected chi connectivity index (χ2v) is 2.89. The quantitative estimate of drug-likeness (QED) is 0.258. The van der Waals surface area contributed by atoms with Crippen molar-refractivity contribution < 1.29 is 0 Å². The third kappa shape index (κ3) is 5.73. The van der Waals surface area contributed by atoms with Gasteiger partial charge in [0.1, 0.15) is 0 Å². The summed E-state index contributed by atoms with van der Waals surface area (Å²) in [5.41, 5.74) is 0. The molecule has 0 fully saturated rings. The molecule has 0 aliphatic rings. The highest BCUT2D eigenvalue weighted by atomic mass is 14.3. The van der Waals surface area contributed by atoms with Crippen LogP contribution >= 0.6 is 0 Å². The second-order valence-electron chi connectivity index (χ2n) is 2.89. The van der Waals surface area contributed by atoms with Crippen LogP contribution in [-0.4, -0.2) is 6.21 Å². The van der Waals surface area contributed by atoms with Crippen molar-refractivity contribution in [3.63, 3.8) is 0 Å². The molecule has 0 aromatic heterocycles. The normalized spacial score (nSPS) is 11.6. The number of allylic oxidation sites excluding steroid dienone is 1. The summed E-state index contributed by atoms with van der Waals surface area (Å²) in [4.78, 5) is 0. The molecule has 0 spiro atoms. The number of hydrogen-bond donors (Lipinski definition) is 1. The standard InChI is InChI=1S/C11H17N/c1-3-8-11(4-2)9-6-5-7-10-12/h1,4,10-12H,2,5-9H2. The first kappa shape index (κ1) is 11.0. The van der Waals surface area contributed by atoms with Gasteiger partial charge in [-0.05, 0) is 31.4 Å². The van der Waals surface area contributed by atoms with Gasteiger partial charge in [0.05, 0.1) is 0 Å². The molecular weight excluding hydrogens is 146 g/mol. The molecule has 0 rings (SSSR count). The molecule has 0 aromatic carbocycles. The van der Waals surface area contributed by atoms with Gasteiger partial charge in [0.25, 0.3) is 0 Å². The Morgan fingerprint density at radius 2 is 2.25 bits per heavy atom. The van der Waals surface area contributed by atoms with Crippen LogP contribution in [0.1, 0.15) is 32.1 Å². The average Bonchev–Trinajstić information content (AvgIpc) is 2.10. The van der Waals surface area contributed by atoms with Crippen molar-refractivity contribution in [2.45, 2.75) is 32.1 Å². The van der Waals surface area contributed by atoms with E-state index in [0.717, 1.165) is 32.1 Å².